The Morgan fingerprint density at radius 1 is 1.20 bits per heavy atom. The Morgan fingerprint density at radius 2 is 1.80 bits per heavy atom. The lowest BCUT2D eigenvalue weighted by Crippen LogP contribution is -2.33. The smallest absolute Gasteiger partial charge is 0.0239 e. The molecular weight excluding hydrogens is 244 g/mol. The molecule has 0 radical (unpaired) electrons. The molecule has 0 aliphatic carbocycles. The first-order chi connectivity index (χ1) is 9.29. The zero-order chi connectivity index (χ0) is 14.9. The van der Waals surface area contributed by atoms with Gasteiger partial charge in [-0.25, -0.2) is 0 Å². The summed E-state index contributed by atoms with van der Waals surface area (Å²) in [7, 11) is 2.26. The van der Waals surface area contributed by atoms with Crippen molar-refractivity contribution in [3.05, 3.63) is 34.4 Å². The van der Waals surface area contributed by atoms with Crippen molar-refractivity contribution in [2.45, 2.75) is 59.0 Å². The molecule has 1 unspecified atom stereocenters. The number of nitrogens with zero attached hydrogens (tertiary/aromatic N) is 1. The van der Waals surface area contributed by atoms with Gasteiger partial charge in [0.15, 0.2) is 0 Å². The fourth-order valence-corrected chi connectivity index (χ4v) is 3.07. The van der Waals surface area contributed by atoms with Crippen molar-refractivity contribution in [3.8, 4) is 0 Å². The first kappa shape index (κ1) is 15.5. The zero-order valence-electron chi connectivity index (χ0n) is 14.0. The van der Waals surface area contributed by atoms with Crippen LogP contribution in [0.1, 0.15) is 49.4 Å². The first-order valence-electron chi connectivity index (χ1n) is 7.80. The molecule has 1 aliphatic heterocycles. The highest BCUT2D eigenvalue weighted by Gasteiger charge is 2.21. The number of nitrogens with one attached hydrogen (secondary N) is 1. The van der Waals surface area contributed by atoms with Crippen LogP contribution < -0.4 is 5.32 Å². The Bertz CT molecular complexity index is 442. The predicted octanol–water partition coefficient (Wildman–Crippen LogP) is 3.39. The van der Waals surface area contributed by atoms with Gasteiger partial charge in [-0.05, 0) is 61.5 Å². The number of hydrogen-bond donors (Lipinski definition) is 1. The summed E-state index contributed by atoms with van der Waals surface area (Å²) in [5.41, 5.74) is 6.06. The van der Waals surface area contributed by atoms with E-state index in [9.17, 15) is 0 Å². The Morgan fingerprint density at radius 3 is 2.25 bits per heavy atom. The first-order valence-corrected chi connectivity index (χ1v) is 7.80. The van der Waals surface area contributed by atoms with Crippen molar-refractivity contribution in [2.24, 2.45) is 0 Å². The number of hydrogen-bond acceptors (Lipinski definition) is 2. The van der Waals surface area contributed by atoms with E-state index in [1.807, 2.05) is 0 Å². The van der Waals surface area contributed by atoms with Crippen molar-refractivity contribution in [3.63, 3.8) is 0 Å². The van der Waals surface area contributed by atoms with Gasteiger partial charge in [0.1, 0.15) is 0 Å². The molecule has 1 fully saturated rings. The summed E-state index contributed by atoms with van der Waals surface area (Å²) >= 11 is 0. The highest BCUT2D eigenvalue weighted by atomic mass is 15.2. The minimum Gasteiger partial charge on any atom is -0.315 e. The maximum absolute atomic E-state index is 3.46. The van der Waals surface area contributed by atoms with Crippen molar-refractivity contribution >= 4 is 0 Å². The fourth-order valence-electron chi connectivity index (χ4n) is 3.07. The van der Waals surface area contributed by atoms with Gasteiger partial charge in [0, 0.05) is 19.1 Å². The molecule has 0 amide bonds. The van der Waals surface area contributed by atoms with Crippen molar-refractivity contribution in [1.82, 2.24) is 10.2 Å². The third-order valence-corrected chi connectivity index (χ3v) is 4.63. The van der Waals surface area contributed by atoms with Crippen LogP contribution in [0, 0.1) is 13.8 Å². The topological polar surface area (TPSA) is 15.3 Å². The van der Waals surface area contributed by atoms with Crippen LogP contribution in [-0.2, 0) is 12.0 Å². The molecule has 0 saturated carbocycles. The molecule has 2 heteroatoms. The number of likely N-dealkylation sites (N-methyl/N-ethyl adjacent to an activating group) is 1. The average Bonchev–Trinajstić information content (AvgIpc) is 2.85. The van der Waals surface area contributed by atoms with Gasteiger partial charge in [-0.2, -0.15) is 0 Å². The van der Waals surface area contributed by atoms with E-state index in [2.05, 4.69) is 64.0 Å². The van der Waals surface area contributed by atoms with E-state index in [4.69, 9.17) is 0 Å². The van der Waals surface area contributed by atoms with Crippen LogP contribution >= 0.6 is 0 Å². The lowest BCUT2D eigenvalue weighted by molar-refractivity contribution is 0.248. The Balaban J connectivity index is 2.20. The maximum atomic E-state index is 3.46. The second-order valence-corrected chi connectivity index (χ2v) is 7.40. The molecular formula is C18H30N2. The van der Waals surface area contributed by atoms with E-state index in [0.29, 0.717) is 6.04 Å². The molecule has 1 aliphatic rings. The van der Waals surface area contributed by atoms with E-state index in [0.717, 1.165) is 19.6 Å². The van der Waals surface area contributed by atoms with Crippen LogP contribution in [0.15, 0.2) is 12.1 Å². The molecule has 1 aromatic carbocycles. The van der Waals surface area contributed by atoms with Crippen LogP contribution in [0.2, 0.25) is 0 Å². The Labute approximate surface area is 124 Å². The van der Waals surface area contributed by atoms with Crippen molar-refractivity contribution in [1.29, 1.82) is 0 Å². The molecule has 2 nitrogen and oxygen atoms in total. The second-order valence-electron chi connectivity index (χ2n) is 7.40. The van der Waals surface area contributed by atoms with Gasteiger partial charge in [0.2, 0.25) is 0 Å². The minimum absolute atomic E-state index is 0.231. The van der Waals surface area contributed by atoms with Crippen LogP contribution in [0.4, 0.5) is 0 Å². The van der Waals surface area contributed by atoms with Crippen molar-refractivity contribution < 1.29 is 0 Å². The standard InChI is InChI=1S/C18H30N2/c1-13-9-15(18(3,4)5)10-14(2)17(13)12-20(6)16-7-8-19-11-16/h9-10,16,19H,7-8,11-12H2,1-6H3. The summed E-state index contributed by atoms with van der Waals surface area (Å²) in [6.45, 7) is 14.8. The Hall–Kier alpha value is -0.860. The summed E-state index contributed by atoms with van der Waals surface area (Å²) in [5.74, 6) is 0. The van der Waals surface area contributed by atoms with Gasteiger partial charge < -0.3 is 5.32 Å². The molecule has 112 valence electrons. The third-order valence-electron chi connectivity index (χ3n) is 4.63. The SMILES string of the molecule is Cc1cc(C(C)(C)C)cc(C)c1CN(C)C1CCNC1. The average molecular weight is 274 g/mol. The molecule has 1 heterocycles. The highest BCUT2D eigenvalue weighted by Crippen LogP contribution is 2.27. The molecule has 1 saturated heterocycles. The molecule has 0 bridgehead atoms. The molecule has 20 heavy (non-hydrogen) atoms. The largest absolute Gasteiger partial charge is 0.315 e. The van der Waals surface area contributed by atoms with Gasteiger partial charge in [-0.3, -0.25) is 4.90 Å². The molecule has 0 aromatic heterocycles. The molecule has 0 spiro atoms. The fraction of sp³-hybridized carbons (Fsp3) is 0.667. The summed E-state index contributed by atoms with van der Waals surface area (Å²) in [5, 5.41) is 3.46. The van der Waals surface area contributed by atoms with Crippen LogP contribution in [0.25, 0.3) is 0 Å². The lowest BCUT2D eigenvalue weighted by Gasteiger charge is -2.27. The normalized spacial score (nSPS) is 19.9. The summed E-state index contributed by atoms with van der Waals surface area (Å²) in [4.78, 5) is 2.51. The lowest BCUT2D eigenvalue weighted by atomic mass is 9.83. The van der Waals surface area contributed by atoms with Crippen LogP contribution in [0.5, 0.6) is 0 Å². The van der Waals surface area contributed by atoms with Crippen LogP contribution in [0.3, 0.4) is 0 Å². The molecule has 2 rings (SSSR count). The monoisotopic (exact) mass is 274 g/mol. The van der Waals surface area contributed by atoms with E-state index in [-0.39, 0.29) is 5.41 Å². The quantitative estimate of drug-likeness (QED) is 0.909. The number of aryl methyl sites for hydroxylation is 2. The Kier molecular flexibility index (Phi) is 4.55. The summed E-state index contributed by atoms with van der Waals surface area (Å²) < 4.78 is 0. The van der Waals surface area contributed by atoms with E-state index in [1.165, 1.54) is 28.7 Å². The van der Waals surface area contributed by atoms with E-state index >= 15 is 0 Å². The number of benzene rings is 1. The molecule has 1 aromatic rings. The highest BCUT2D eigenvalue weighted by molar-refractivity contribution is 5.40. The van der Waals surface area contributed by atoms with Gasteiger partial charge in [-0.1, -0.05) is 32.9 Å². The minimum atomic E-state index is 0.231. The van der Waals surface area contributed by atoms with Gasteiger partial charge in [0.25, 0.3) is 0 Å². The van der Waals surface area contributed by atoms with E-state index in [1.54, 1.807) is 0 Å². The predicted molar refractivity (Wildman–Crippen MR) is 87.4 cm³/mol. The van der Waals surface area contributed by atoms with Gasteiger partial charge in [-0.15, -0.1) is 0 Å². The molecule has 1 N–H and O–H groups in total. The van der Waals surface area contributed by atoms with E-state index < -0.39 is 0 Å². The number of rotatable bonds is 3. The summed E-state index contributed by atoms with van der Waals surface area (Å²) in [6.07, 6.45) is 1.27. The zero-order valence-corrected chi connectivity index (χ0v) is 14.0. The van der Waals surface area contributed by atoms with Gasteiger partial charge in [0.05, 0.1) is 0 Å². The van der Waals surface area contributed by atoms with Gasteiger partial charge >= 0.3 is 0 Å². The maximum Gasteiger partial charge on any atom is 0.0239 e. The molecule has 1 atom stereocenters. The van der Waals surface area contributed by atoms with Crippen molar-refractivity contribution in [2.75, 3.05) is 20.1 Å². The van der Waals surface area contributed by atoms with Crippen LogP contribution in [-0.4, -0.2) is 31.1 Å². The summed E-state index contributed by atoms with van der Waals surface area (Å²) in [6, 6.07) is 5.45. The third kappa shape index (κ3) is 3.42. The second kappa shape index (κ2) is 5.87.